The van der Waals surface area contributed by atoms with E-state index >= 15 is 0 Å². The molecule has 0 radical (unpaired) electrons. The highest BCUT2D eigenvalue weighted by molar-refractivity contribution is 6.41. The van der Waals surface area contributed by atoms with Crippen molar-refractivity contribution in [3.63, 3.8) is 0 Å². The summed E-state index contributed by atoms with van der Waals surface area (Å²) in [7, 11) is 1.77. The number of hydrogen-bond acceptors (Lipinski definition) is 2. The fourth-order valence-electron chi connectivity index (χ4n) is 3.46. The molecule has 3 rings (SSSR count). The molecule has 0 bridgehead atoms. The number of aromatic nitrogens is 1. The van der Waals surface area contributed by atoms with Crippen LogP contribution in [0.2, 0.25) is 10.2 Å². The van der Waals surface area contributed by atoms with Gasteiger partial charge in [0.1, 0.15) is 10.8 Å². The number of carbonyl (C=O) groups is 1. The zero-order valence-electron chi connectivity index (χ0n) is 15.1. The van der Waals surface area contributed by atoms with Crippen molar-refractivity contribution in [3.8, 4) is 0 Å². The Balaban J connectivity index is 1.51. The van der Waals surface area contributed by atoms with E-state index in [0.29, 0.717) is 15.9 Å². The summed E-state index contributed by atoms with van der Waals surface area (Å²) < 4.78 is 1.66. The summed E-state index contributed by atoms with van der Waals surface area (Å²) in [5, 5.41) is 0.835. The molecule has 1 aliphatic rings. The van der Waals surface area contributed by atoms with Crippen molar-refractivity contribution in [2.45, 2.75) is 19.3 Å². The van der Waals surface area contributed by atoms with Crippen molar-refractivity contribution in [1.82, 2.24) is 14.4 Å². The molecule has 1 aromatic carbocycles. The molecular formula is C20H25Cl2N3O. The first-order valence-electron chi connectivity index (χ1n) is 9.12. The Labute approximate surface area is 165 Å². The second-order valence-electron chi connectivity index (χ2n) is 6.80. The van der Waals surface area contributed by atoms with Gasteiger partial charge >= 0.3 is 0 Å². The van der Waals surface area contributed by atoms with Gasteiger partial charge in [0.05, 0.1) is 5.02 Å². The standard InChI is InChI=1S/C20H25Cl2N3O/c1-23-18(15-17(21)19(23)22)20(26)25-12-6-11-24(13-14-25)10-5-9-16-7-3-2-4-8-16/h2-4,7-8,15H,5-6,9-14H2,1H3. The van der Waals surface area contributed by atoms with Crippen LogP contribution in [0.5, 0.6) is 0 Å². The summed E-state index contributed by atoms with van der Waals surface area (Å²) >= 11 is 12.1. The monoisotopic (exact) mass is 393 g/mol. The smallest absolute Gasteiger partial charge is 0.270 e. The minimum atomic E-state index is 0.00688. The van der Waals surface area contributed by atoms with Gasteiger partial charge in [0.2, 0.25) is 0 Å². The quantitative estimate of drug-likeness (QED) is 0.764. The van der Waals surface area contributed by atoms with Crippen LogP contribution in [0.4, 0.5) is 0 Å². The molecule has 0 saturated carbocycles. The maximum atomic E-state index is 12.8. The lowest BCUT2D eigenvalue weighted by molar-refractivity contribution is 0.0752. The maximum absolute atomic E-state index is 12.8. The molecule has 0 atom stereocenters. The minimum absolute atomic E-state index is 0.00688. The molecule has 1 amide bonds. The van der Waals surface area contributed by atoms with Gasteiger partial charge in [0, 0.05) is 26.7 Å². The lowest BCUT2D eigenvalue weighted by Crippen LogP contribution is -2.36. The van der Waals surface area contributed by atoms with E-state index in [-0.39, 0.29) is 5.91 Å². The molecule has 140 valence electrons. The first-order chi connectivity index (χ1) is 12.6. The second-order valence-corrected chi connectivity index (χ2v) is 7.57. The van der Waals surface area contributed by atoms with Crippen molar-refractivity contribution >= 4 is 29.1 Å². The third kappa shape index (κ3) is 4.61. The highest BCUT2D eigenvalue weighted by Crippen LogP contribution is 2.26. The van der Waals surface area contributed by atoms with Crippen molar-refractivity contribution in [2.24, 2.45) is 7.05 Å². The van der Waals surface area contributed by atoms with Crippen molar-refractivity contribution in [1.29, 1.82) is 0 Å². The number of halogens is 2. The van der Waals surface area contributed by atoms with Crippen LogP contribution in [-0.2, 0) is 13.5 Å². The number of carbonyl (C=O) groups excluding carboxylic acids is 1. The molecule has 2 aromatic rings. The number of nitrogens with zero attached hydrogens (tertiary/aromatic N) is 3. The SMILES string of the molecule is Cn1c(C(=O)N2CCCN(CCCc3ccccc3)CC2)cc(Cl)c1Cl. The van der Waals surface area contributed by atoms with E-state index in [2.05, 4.69) is 35.2 Å². The molecule has 1 aliphatic heterocycles. The zero-order valence-corrected chi connectivity index (χ0v) is 16.6. The lowest BCUT2D eigenvalue weighted by Gasteiger charge is -2.22. The summed E-state index contributed by atoms with van der Waals surface area (Å²) in [6.07, 6.45) is 3.23. The van der Waals surface area contributed by atoms with E-state index < -0.39 is 0 Å². The van der Waals surface area contributed by atoms with Crippen LogP contribution in [0, 0.1) is 0 Å². The van der Waals surface area contributed by atoms with Gasteiger partial charge in [-0.3, -0.25) is 4.79 Å². The van der Waals surface area contributed by atoms with E-state index in [9.17, 15) is 4.79 Å². The van der Waals surface area contributed by atoms with Crippen molar-refractivity contribution in [3.05, 3.63) is 57.8 Å². The Morgan fingerprint density at radius 2 is 1.85 bits per heavy atom. The average molecular weight is 394 g/mol. The van der Waals surface area contributed by atoms with Gasteiger partial charge in [-0.1, -0.05) is 53.5 Å². The van der Waals surface area contributed by atoms with Crippen molar-refractivity contribution in [2.75, 3.05) is 32.7 Å². The molecule has 0 spiro atoms. The number of hydrogen-bond donors (Lipinski definition) is 0. The summed E-state index contributed by atoms with van der Waals surface area (Å²) in [6.45, 7) is 4.53. The molecule has 0 unspecified atom stereocenters. The van der Waals surface area contributed by atoms with Gasteiger partial charge < -0.3 is 14.4 Å². The number of rotatable bonds is 5. The molecule has 1 saturated heterocycles. The van der Waals surface area contributed by atoms with Crippen molar-refractivity contribution < 1.29 is 4.79 Å². The summed E-state index contributed by atoms with van der Waals surface area (Å²) in [6, 6.07) is 12.3. The Morgan fingerprint density at radius 3 is 2.54 bits per heavy atom. The third-order valence-corrected chi connectivity index (χ3v) is 5.84. The van der Waals surface area contributed by atoms with Crippen LogP contribution >= 0.6 is 23.2 Å². The van der Waals surface area contributed by atoms with Gasteiger partial charge in [0.25, 0.3) is 5.91 Å². The fraction of sp³-hybridized carbons (Fsp3) is 0.450. The van der Waals surface area contributed by atoms with Crippen LogP contribution in [0.25, 0.3) is 0 Å². The largest absolute Gasteiger partial charge is 0.336 e. The van der Waals surface area contributed by atoms with E-state index in [0.717, 1.165) is 52.0 Å². The molecule has 1 aromatic heterocycles. The number of aryl methyl sites for hydroxylation is 1. The Kier molecular flexibility index (Phi) is 6.63. The average Bonchev–Trinajstić information content (AvgIpc) is 2.84. The van der Waals surface area contributed by atoms with Gasteiger partial charge in [-0.05, 0) is 44.0 Å². The fourth-order valence-corrected chi connectivity index (χ4v) is 3.83. The molecule has 0 N–H and O–H groups in total. The maximum Gasteiger partial charge on any atom is 0.270 e. The number of benzene rings is 1. The van der Waals surface area contributed by atoms with Gasteiger partial charge in [-0.15, -0.1) is 0 Å². The van der Waals surface area contributed by atoms with Gasteiger partial charge in [-0.2, -0.15) is 0 Å². The van der Waals surface area contributed by atoms with Crippen LogP contribution in [-0.4, -0.2) is 53.0 Å². The molecular weight excluding hydrogens is 369 g/mol. The molecule has 2 heterocycles. The predicted molar refractivity (Wildman–Crippen MR) is 107 cm³/mol. The topological polar surface area (TPSA) is 28.5 Å². The minimum Gasteiger partial charge on any atom is -0.336 e. The summed E-state index contributed by atoms with van der Waals surface area (Å²) in [4.78, 5) is 17.2. The van der Waals surface area contributed by atoms with Crippen LogP contribution < -0.4 is 0 Å². The molecule has 6 heteroatoms. The Bertz CT molecular complexity index is 745. The molecule has 0 aliphatic carbocycles. The Morgan fingerprint density at radius 1 is 1.08 bits per heavy atom. The number of amides is 1. The second kappa shape index (κ2) is 8.94. The predicted octanol–water partition coefficient (Wildman–Crippen LogP) is 4.11. The molecule has 1 fully saturated rings. The van der Waals surface area contributed by atoms with E-state index in [4.69, 9.17) is 23.2 Å². The first-order valence-corrected chi connectivity index (χ1v) is 9.88. The van der Waals surface area contributed by atoms with E-state index in [1.54, 1.807) is 17.7 Å². The van der Waals surface area contributed by atoms with Gasteiger partial charge in [-0.25, -0.2) is 0 Å². The van der Waals surface area contributed by atoms with Gasteiger partial charge in [0.15, 0.2) is 0 Å². The van der Waals surface area contributed by atoms with E-state index in [1.807, 2.05) is 4.90 Å². The lowest BCUT2D eigenvalue weighted by atomic mass is 10.1. The third-order valence-electron chi connectivity index (χ3n) is 4.99. The molecule has 4 nitrogen and oxygen atoms in total. The van der Waals surface area contributed by atoms with Crippen LogP contribution in [0.1, 0.15) is 28.9 Å². The summed E-state index contributed by atoms with van der Waals surface area (Å²) in [5.74, 6) is 0.00688. The van der Waals surface area contributed by atoms with E-state index in [1.165, 1.54) is 5.56 Å². The highest BCUT2D eigenvalue weighted by Gasteiger charge is 2.23. The first kappa shape index (κ1) is 19.3. The normalized spacial score (nSPS) is 15.9. The van der Waals surface area contributed by atoms with Crippen LogP contribution in [0.15, 0.2) is 36.4 Å². The Hall–Kier alpha value is -1.49. The molecule has 26 heavy (non-hydrogen) atoms. The summed E-state index contributed by atoms with van der Waals surface area (Å²) in [5.41, 5.74) is 1.94. The zero-order chi connectivity index (χ0) is 18.5. The van der Waals surface area contributed by atoms with Crippen LogP contribution in [0.3, 0.4) is 0 Å². The highest BCUT2D eigenvalue weighted by atomic mass is 35.5.